The Morgan fingerprint density at radius 1 is 1.36 bits per heavy atom. The zero-order valence-corrected chi connectivity index (χ0v) is 7.63. The first-order valence-corrected chi connectivity index (χ1v) is 4.46. The Hall–Kier alpha value is -1.61. The summed E-state index contributed by atoms with van der Waals surface area (Å²) < 4.78 is 4.92. The van der Waals surface area contributed by atoms with Gasteiger partial charge < -0.3 is 9.52 Å². The predicted molar refractivity (Wildman–Crippen MR) is 51.6 cm³/mol. The summed E-state index contributed by atoms with van der Waals surface area (Å²) >= 11 is 0. The first-order chi connectivity index (χ1) is 6.86. The number of hydrogen-bond donors (Lipinski definition) is 1. The van der Waals surface area contributed by atoms with Crippen molar-refractivity contribution in [2.75, 3.05) is 0 Å². The summed E-state index contributed by atoms with van der Waals surface area (Å²) in [5.74, 6) is 0. The van der Waals surface area contributed by atoms with Crippen LogP contribution >= 0.6 is 0 Å². The van der Waals surface area contributed by atoms with Crippen LogP contribution in [0.25, 0.3) is 0 Å². The largest absolute Gasteiger partial charge is 0.472 e. The van der Waals surface area contributed by atoms with E-state index in [0.717, 1.165) is 5.56 Å². The van der Waals surface area contributed by atoms with E-state index >= 15 is 0 Å². The van der Waals surface area contributed by atoms with Crippen LogP contribution in [0.5, 0.6) is 0 Å². The van der Waals surface area contributed by atoms with Crippen molar-refractivity contribution in [3.05, 3.63) is 54.2 Å². The van der Waals surface area contributed by atoms with Gasteiger partial charge in [-0.25, -0.2) is 0 Å². The second-order valence-corrected chi connectivity index (χ2v) is 3.11. The number of nitrogens with zero attached hydrogens (tertiary/aromatic N) is 1. The molecule has 0 fully saturated rings. The van der Waals surface area contributed by atoms with E-state index < -0.39 is 6.10 Å². The van der Waals surface area contributed by atoms with Crippen LogP contribution in [-0.4, -0.2) is 10.1 Å². The molecule has 2 rings (SSSR count). The maximum Gasteiger partial charge on any atom is 0.100 e. The van der Waals surface area contributed by atoms with Crippen molar-refractivity contribution < 1.29 is 9.52 Å². The van der Waals surface area contributed by atoms with Gasteiger partial charge in [0.15, 0.2) is 0 Å². The lowest BCUT2D eigenvalue weighted by molar-refractivity contribution is 0.173. The lowest BCUT2D eigenvalue weighted by Gasteiger charge is -2.07. The fraction of sp³-hybridized carbons (Fsp3) is 0.182. The summed E-state index contributed by atoms with van der Waals surface area (Å²) in [4.78, 5) is 4.08. The normalized spacial score (nSPS) is 12.6. The predicted octanol–water partition coefficient (Wildman–Crippen LogP) is 1.95. The Morgan fingerprint density at radius 3 is 2.93 bits per heavy atom. The van der Waals surface area contributed by atoms with Crippen LogP contribution < -0.4 is 0 Å². The molecule has 3 heteroatoms. The Bertz CT molecular complexity index is 369. The first kappa shape index (κ1) is 8.97. The molecule has 2 heterocycles. The number of rotatable bonds is 3. The Morgan fingerprint density at radius 2 is 2.29 bits per heavy atom. The molecule has 1 atom stereocenters. The highest BCUT2D eigenvalue weighted by molar-refractivity contribution is 5.13. The lowest BCUT2D eigenvalue weighted by Crippen LogP contribution is -2.02. The minimum atomic E-state index is -0.561. The summed E-state index contributed by atoms with van der Waals surface area (Å²) in [5.41, 5.74) is 1.66. The van der Waals surface area contributed by atoms with Gasteiger partial charge in [0, 0.05) is 12.6 Å². The van der Waals surface area contributed by atoms with Crippen molar-refractivity contribution in [1.29, 1.82) is 0 Å². The molecule has 72 valence electrons. The van der Waals surface area contributed by atoms with Gasteiger partial charge in [0.2, 0.25) is 0 Å². The van der Waals surface area contributed by atoms with Gasteiger partial charge in [0.1, 0.15) is 6.10 Å². The molecule has 1 unspecified atom stereocenters. The fourth-order valence-corrected chi connectivity index (χ4v) is 1.31. The quantitative estimate of drug-likeness (QED) is 0.802. The number of pyridine rings is 1. The highest BCUT2D eigenvalue weighted by Gasteiger charge is 2.09. The molecule has 0 aromatic carbocycles. The van der Waals surface area contributed by atoms with Gasteiger partial charge in [-0.2, -0.15) is 0 Å². The standard InChI is InChI=1S/C11H11NO2/c13-11(7-9-4-6-14-8-9)10-3-1-2-5-12-10/h1-6,8,11,13H,7H2. The zero-order valence-electron chi connectivity index (χ0n) is 7.63. The molecule has 1 N–H and O–H groups in total. The third-order valence-electron chi connectivity index (χ3n) is 2.04. The van der Waals surface area contributed by atoms with E-state index in [0.29, 0.717) is 12.1 Å². The summed E-state index contributed by atoms with van der Waals surface area (Å²) in [5, 5.41) is 9.79. The van der Waals surface area contributed by atoms with E-state index in [-0.39, 0.29) is 0 Å². The Labute approximate surface area is 82.0 Å². The van der Waals surface area contributed by atoms with Crippen LogP contribution in [0.3, 0.4) is 0 Å². The van der Waals surface area contributed by atoms with Gasteiger partial charge >= 0.3 is 0 Å². The highest BCUT2D eigenvalue weighted by atomic mass is 16.3. The molecular weight excluding hydrogens is 178 g/mol. The Kier molecular flexibility index (Phi) is 2.60. The van der Waals surface area contributed by atoms with Gasteiger partial charge in [-0.15, -0.1) is 0 Å². The average molecular weight is 189 g/mol. The number of furan rings is 1. The molecule has 0 aliphatic carbocycles. The van der Waals surface area contributed by atoms with E-state index in [1.54, 1.807) is 18.7 Å². The maximum absolute atomic E-state index is 9.79. The topological polar surface area (TPSA) is 46.3 Å². The molecule has 0 amide bonds. The summed E-state index contributed by atoms with van der Waals surface area (Å²) in [6.45, 7) is 0. The fourth-order valence-electron chi connectivity index (χ4n) is 1.31. The monoisotopic (exact) mass is 189 g/mol. The van der Waals surface area contributed by atoms with Crippen molar-refractivity contribution in [3.63, 3.8) is 0 Å². The summed E-state index contributed by atoms with van der Waals surface area (Å²) in [7, 11) is 0. The third kappa shape index (κ3) is 2.00. The van der Waals surface area contributed by atoms with Crippen molar-refractivity contribution >= 4 is 0 Å². The van der Waals surface area contributed by atoms with Crippen LogP contribution in [-0.2, 0) is 6.42 Å². The van der Waals surface area contributed by atoms with Crippen LogP contribution in [0.4, 0.5) is 0 Å². The van der Waals surface area contributed by atoms with E-state index in [9.17, 15) is 5.11 Å². The SMILES string of the molecule is OC(Cc1ccoc1)c1ccccn1. The molecule has 0 radical (unpaired) electrons. The van der Waals surface area contributed by atoms with Crippen molar-refractivity contribution in [3.8, 4) is 0 Å². The second kappa shape index (κ2) is 4.07. The third-order valence-corrected chi connectivity index (χ3v) is 2.04. The molecule has 0 aliphatic rings. The number of hydrogen-bond acceptors (Lipinski definition) is 3. The highest BCUT2D eigenvalue weighted by Crippen LogP contribution is 2.15. The molecule has 2 aromatic rings. The van der Waals surface area contributed by atoms with E-state index in [2.05, 4.69) is 4.98 Å². The molecule has 0 bridgehead atoms. The molecular formula is C11H11NO2. The van der Waals surface area contributed by atoms with Gasteiger partial charge in [-0.1, -0.05) is 6.07 Å². The number of aliphatic hydroxyl groups excluding tert-OH is 1. The van der Waals surface area contributed by atoms with Crippen LogP contribution in [0.1, 0.15) is 17.4 Å². The van der Waals surface area contributed by atoms with Crippen molar-refractivity contribution in [2.45, 2.75) is 12.5 Å². The van der Waals surface area contributed by atoms with Gasteiger partial charge in [-0.05, 0) is 23.8 Å². The molecule has 0 aliphatic heterocycles. The second-order valence-electron chi connectivity index (χ2n) is 3.11. The van der Waals surface area contributed by atoms with E-state index in [1.807, 2.05) is 24.3 Å². The van der Waals surface area contributed by atoms with Gasteiger partial charge in [0.05, 0.1) is 18.2 Å². The minimum Gasteiger partial charge on any atom is -0.472 e. The Balaban J connectivity index is 2.07. The molecule has 0 saturated heterocycles. The van der Waals surface area contributed by atoms with Gasteiger partial charge in [-0.3, -0.25) is 4.98 Å². The molecule has 0 spiro atoms. The first-order valence-electron chi connectivity index (χ1n) is 4.46. The summed E-state index contributed by atoms with van der Waals surface area (Å²) in [6, 6.07) is 7.34. The number of aromatic nitrogens is 1. The molecule has 14 heavy (non-hydrogen) atoms. The van der Waals surface area contributed by atoms with E-state index in [1.165, 1.54) is 0 Å². The average Bonchev–Trinajstić information content (AvgIpc) is 2.72. The van der Waals surface area contributed by atoms with Gasteiger partial charge in [0.25, 0.3) is 0 Å². The minimum absolute atomic E-state index is 0.535. The van der Waals surface area contributed by atoms with Crippen LogP contribution in [0.15, 0.2) is 47.4 Å². The van der Waals surface area contributed by atoms with Crippen molar-refractivity contribution in [2.24, 2.45) is 0 Å². The smallest absolute Gasteiger partial charge is 0.100 e. The van der Waals surface area contributed by atoms with E-state index in [4.69, 9.17) is 4.42 Å². The molecule has 2 aromatic heterocycles. The number of aliphatic hydroxyl groups is 1. The molecule has 3 nitrogen and oxygen atoms in total. The lowest BCUT2D eigenvalue weighted by atomic mass is 10.1. The van der Waals surface area contributed by atoms with Crippen LogP contribution in [0, 0.1) is 0 Å². The summed E-state index contributed by atoms with van der Waals surface area (Å²) in [6.07, 6.45) is 4.88. The molecule has 0 saturated carbocycles. The maximum atomic E-state index is 9.79. The van der Waals surface area contributed by atoms with Crippen LogP contribution in [0.2, 0.25) is 0 Å². The van der Waals surface area contributed by atoms with Crippen molar-refractivity contribution in [1.82, 2.24) is 4.98 Å². The zero-order chi connectivity index (χ0) is 9.80.